The third kappa shape index (κ3) is 3.27. The minimum atomic E-state index is 0.330. The van der Waals surface area contributed by atoms with Crippen molar-refractivity contribution in [3.8, 4) is 5.75 Å². The molecule has 4 heteroatoms. The van der Waals surface area contributed by atoms with Gasteiger partial charge in [-0.15, -0.1) is 0 Å². The quantitative estimate of drug-likeness (QED) is 0.796. The zero-order chi connectivity index (χ0) is 12.3. The highest BCUT2D eigenvalue weighted by Gasteiger charge is 2.17. The number of hydrogen-bond donors (Lipinski definition) is 0. The summed E-state index contributed by atoms with van der Waals surface area (Å²) in [6.07, 6.45) is 1.68. The molecule has 92 valence electrons. The number of piperidine rings is 1. The minimum Gasteiger partial charge on any atom is -0.497 e. The molecule has 0 atom stereocenters. The van der Waals surface area contributed by atoms with E-state index in [9.17, 15) is 4.79 Å². The summed E-state index contributed by atoms with van der Waals surface area (Å²) in [5.74, 6) is 1.16. The number of carbonyl (C=O) groups is 1. The van der Waals surface area contributed by atoms with Crippen LogP contribution >= 0.6 is 0 Å². The predicted octanol–water partition coefficient (Wildman–Crippen LogP) is 1.56. The average molecular weight is 234 g/mol. The first-order valence-corrected chi connectivity index (χ1v) is 5.93. The number of Topliss-reactive ketones (excluding diaryl/α,β-unsaturated/α-hetero) is 1. The molecule has 4 nitrogen and oxygen atoms in total. The molecular formula is C13H18N2O2. The second-order valence-corrected chi connectivity index (χ2v) is 4.49. The lowest BCUT2D eigenvalue weighted by atomic mass is 10.1. The van der Waals surface area contributed by atoms with E-state index in [4.69, 9.17) is 4.74 Å². The Labute approximate surface area is 102 Å². The Morgan fingerprint density at radius 3 is 3.00 bits per heavy atom. The lowest BCUT2D eigenvalue weighted by Gasteiger charge is -2.25. The lowest BCUT2D eigenvalue weighted by Crippen LogP contribution is -2.35. The molecule has 0 amide bonds. The number of hydrogen-bond acceptors (Lipinski definition) is 4. The molecule has 1 aliphatic rings. The number of pyridine rings is 1. The Morgan fingerprint density at radius 2 is 2.29 bits per heavy atom. The Hall–Kier alpha value is -1.42. The van der Waals surface area contributed by atoms with E-state index in [1.165, 1.54) is 0 Å². The van der Waals surface area contributed by atoms with E-state index in [-0.39, 0.29) is 0 Å². The van der Waals surface area contributed by atoms with Crippen LogP contribution in [0.15, 0.2) is 12.1 Å². The molecule has 0 N–H and O–H groups in total. The molecule has 1 aliphatic heterocycles. The van der Waals surface area contributed by atoms with Crippen molar-refractivity contribution in [1.82, 2.24) is 9.88 Å². The summed E-state index contributed by atoms with van der Waals surface area (Å²) in [5, 5.41) is 0. The van der Waals surface area contributed by atoms with Crippen LogP contribution in [0.4, 0.5) is 0 Å². The van der Waals surface area contributed by atoms with Crippen molar-refractivity contribution in [2.45, 2.75) is 26.3 Å². The van der Waals surface area contributed by atoms with Crippen molar-refractivity contribution in [2.24, 2.45) is 0 Å². The maximum absolute atomic E-state index is 11.4. The van der Waals surface area contributed by atoms with Gasteiger partial charge >= 0.3 is 0 Å². The SMILES string of the molecule is COc1cc(C)nc(CN2CCCC(=O)C2)c1. The van der Waals surface area contributed by atoms with E-state index in [1.54, 1.807) is 7.11 Å². The van der Waals surface area contributed by atoms with Gasteiger partial charge in [0.2, 0.25) is 0 Å². The topological polar surface area (TPSA) is 42.4 Å². The van der Waals surface area contributed by atoms with Crippen LogP contribution in [0.25, 0.3) is 0 Å². The molecule has 2 rings (SSSR count). The fourth-order valence-electron chi connectivity index (χ4n) is 2.17. The van der Waals surface area contributed by atoms with Crippen LogP contribution in [0, 0.1) is 6.92 Å². The summed E-state index contributed by atoms with van der Waals surface area (Å²) in [5.41, 5.74) is 1.92. The lowest BCUT2D eigenvalue weighted by molar-refractivity contribution is -0.122. The molecule has 2 heterocycles. The smallest absolute Gasteiger partial charge is 0.146 e. The summed E-state index contributed by atoms with van der Waals surface area (Å²) in [6, 6.07) is 3.84. The molecule has 0 spiro atoms. The molecule has 0 saturated carbocycles. The Bertz CT molecular complexity index is 418. The Kier molecular flexibility index (Phi) is 3.74. The Balaban J connectivity index is 2.07. The molecule has 1 aromatic heterocycles. The van der Waals surface area contributed by atoms with Gasteiger partial charge in [-0.1, -0.05) is 0 Å². The van der Waals surface area contributed by atoms with Crippen LogP contribution in [-0.4, -0.2) is 35.9 Å². The fraction of sp³-hybridized carbons (Fsp3) is 0.538. The molecule has 1 aromatic rings. The number of methoxy groups -OCH3 is 1. The van der Waals surface area contributed by atoms with E-state index in [2.05, 4.69) is 9.88 Å². The summed E-state index contributed by atoms with van der Waals surface area (Å²) >= 11 is 0. The highest BCUT2D eigenvalue weighted by atomic mass is 16.5. The van der Waals surface area contributed by atoms with Crippen LogP contribution in [0.5, 0.6) is 5.75 Å². The van der Waals surface area contributed by atoms with Crippen molar-refractivity contribution < 1.29 is 9.53 Å². The standard InChI is InChI=1S/C13H18N2O2/c1-10-6-13(17-2)7-11(14-10)8-15-5-3-4-12(16)9-15/h6-7H,3-5,8-9H2,1-2H3. The highest BCUT2D eigenvalue weighted by molar-refractivity contribution is 5.81. The zero-order valence-electron chi connectivity index (χ0n) is 10.4. The number of likely N-dealkylation sites (tertiary alicyclic amines) is 1. The molecule has 0 unspecified atom stereocenters. The second-order valence-electron chi connectivity index (χ2n) is 4.49. The summed E-state index contributed by atoms with van der Waals surface area (Å²) in [6.45, 7) is 4.21. The first kappa shape index (κ1) is 12.0. The van der Waals surface area contributed by atoms with Gasteiger partial charge in [0.25, 0.3) is 0 Å². The molecule has 0 radical (unpaired) electrons. The van der Waals surface area contributed by atoms with Gasteiger partial charge in [0.15, 0.2) is 0 Å². The fourth-order valence-corrected chi connectivity index (χ4v) is 2.17. The first-order valence-electron chi connectivity index (χ1n) is 5.93. The third-order valence-corrected chi connectivity index (χ3v) is 2.93. The van der Waals surface area contributed by atoms with Gasteiger partial charge in [-0.25, -0.2) is 0 Å². The van der Waals surface area contributed by atoms with Gasteiger partial charge in [-0.3, -0.25) is 14.7 Å². The largest absolute Gasteiger partial charge is 0.497 e. The number of ether oxygens (including phenoxy) is 1. The van der Waals surface area contributed by atoms with Gasteiger partial charge in [-0.2, -0.15) is 0 Å². The molecule has 0 aromatic carbocycles. The van der Waals surface area contributed by atoms with E-state index in [0.717, 1.165) is 43.1 Å². The van der Waals surface area contributed by atoms with Gasteiger partial charge in [0.05, 0.1) is 19.3 Å². The van der Waals surface area contributed by atoms with Crippen LogP contribution in [-0.2, 0) is 11.3 Å². The van der Waals surface area contributed by atoms with Gasteiger partial charge in [0, 0.05) is 30.8 Å². The third-order valence-electron chi connectivity index (χ3n) is 2.93. The van der Waals surface area contributed by atoms with Crippen LogP contribution < -0.4 is 4.74 Å². The molecule has 0 aliphatic carbocycles. The minimum absolute atomic E-state index is 0.330. The van der Waals surface area contributed by atoms with Gasteiger partial charge < -0.3 is 4.74 Å². The molecule has 1 fully saturated rings. The summed E-state index contributed by atoms with van der Waals surface area (Å²) in [4.78, 5) is 18.0. The van der Waals surface area contributed by atoms with Gasteiger partial charge in [-0.05, 0) is 19.9 Å². The molecular weight excluding hydrogens is 216 g/mol. The number of ketones is 1. The average Bonchev–Trinajstić information content (AvgIpc) is 2.28. The maximum atomic E-state index is 11.4. The molecule has 0 bridgehead atoms. The van der Waals surface area contributed by atoms with Crippen LogP contribution in [0.3, 0.4) is 0 Å². The van der Waals surface area contributed by atoms with Crippen LogP contribution in [0.2, 0.25) is 0 Å². The van der Waals surface area contributed by atoms with Crippen molar-refractivity contribution in [1.29, 1.82) is 0 Å². The van der Waals surface area contributed by atoms with Crippen molar-refractivity contribution in [3.63, 3.8) is 0 Å². The van der Waals surface area contributed by atoms with E-state index < -0.39 is 0 Å². The van der Waals surface area contributed by atoms with Crippen molar-refractivity contribution >= 4 is 5.78 Å². The van der Waals surface area contributed by atoms with E-state index >= 15 is 0 Å². The normalized spacial score (nSPS) is 17.2. The highest BCUT2D eigenvalue weighted by Crippen LogP contribution is 2.16. The Morgan fingerprint density at radius 1 is 1.47 bits per heavy atom. The zero-order valence-corrected chi connectivity index (χ0v) is 10.4. The van der Waals surface area contributed by atoms with Crippen LogP contribution in [0.1, 0.15) is 24.2 Å². The van der Waals surface area contributed by atoms with Crippen molar-refractivity contribution in [3.05, 3.63) is 23.5 Å². The van der Waals surface area contributed by atoms with Gasteiger partial charge in [0.1, 0.15) is 11.5 Å². The first-order chi connectivity index (χ1) is 8.17. The van der Waals surface area contributed by atoms with E-state index in [1.807, 2.05) is 19.1 Å². The number of carbonyl (C=O) groups excluding carboxylic acids is 1. The predicted molar refractivity (Wildman–Crippen MR) is 65.0 cm³/mol. The number of aryl methyl sites for hydroxylation is 1. The number of aromatic nitrogens is 1. The van der Waals surface area contributed by atoms with E-state index in [0.29, 0.717) is 12.3 Å². The second kappa shape index (κ2) is 5.27. The molecule has 17 heavy (non-hydrogen) atoms. The number of rotatable bonds is 3. The summed E-state index contributed by atoms with van der Waals surface area (Å²) in [7, 11) is 1.66. The van der Waals surface area contributed by atoms with Crippen molar-refractivity contribution in [2.75, 3.05) is 20.2 Å². The molecule has 1 saturated heterocycles. The monoisotopic (exact) mass is 234 g/mol. The summed E-state index contributed by atoms with van der Waals surface area (Å²) < 4.78 is 5.22. The number of nitrogens with zero attached hydrogens (tertiary/aromatic N) is 2. The maximum Gasteiger partial charge on any atom is 0.146 e.